The lowest BCUT2D eigenvalue weighted by Crippen LogP contribution is -3.13. The normalized spacial score (nSPS) is 14.9. The van der Waals surface area contributed by atoms with Gasteiger partial charge < -0.3 is 19.3 Å². The van der Waals surface area contributed by atoms with E-state index in [1.165, 1.54) is 17.0 Å². The van der Waals surface area contributed by atoms with Gasteiger partial charge in [0.2, 0.25) is 0 Å². The van der Waals surface area contributed by atoms with E-state index in [-0.39, 0.29) is 18.3 Å². The van der Waals surface area contributed by atoms with Crippen LogP contribution in [0, 0.1) is 5.82 Å². The van der Waals surface area contributed by atoms with Crippen LogP contribution in [0.15, 0.2) is 42.5 Å². The fourth-order valence-corrected chi connectivity index (χ4v) is 3.39. The summed E-state index contributed by atoms with van der Waals surface area (Å²) in [4.78, 5) is 15.5. The zero-order valence-electron chi connectivity index (χ0n) is 15.2. The molecular formula is C20H23ClFN2O3+. The second kappa shape index (κ2) is 9.06. The van der Waals surface area contributed by atoms with Crippen molar-refractivity contribution in [1.29, 1.82) is 0 Å². The number of carbonyl (C=O) groups is 1. The minimum Gasteiger partial charge on any atom is -0.496 e. The van der Waals surface area contributed by atoms with Crippen molar-refractivity contribution in [1.82, 2.24) is 4.90 Å². The molecule has 7 heteroatoms. The number of hydrogen-bond donors (Lipinski definition) is 1. The lowest BCUT2D eigenvalue weighted by Gasteiger charge is -2.32. The Kier molecular flexibility index (Phi) is 6.53. The molecule has 0 spiro atoms. The number of halogens is 2. The summed E-state index contributed by atoms with van der Waals surface area (Å²) in [6, 6.07) is 11.7. The number of ether oxygens (including phenoxy) is 2. The van der Waals surface area contributed by atoms with Gasteiger partial charge >= 0.3 is 0 Å². The Labute approximate surface area is 163 Å². The Morgan fingerprint density at radius 1 is 1.19 bits per heavy atom. The van der Waals surface area contributed by atoms with Crippen LogP contribution in [0.25, 0.3) is 0 Å². The molecule has 1 saturated heterocycles. The molecule has 3 rings (SSSR count). The highest BCUT2D eigenvalue weighted by atomic mass is 35.5. The number of rotatable bonds is 6. The second-order valence-corrected chi connectivity index (χ2v) is 6.89. The molecule has 1 aliphatic rings. The molecule has 0 aromatic heterocycles. The molecule has 2 aromatic carbocycles. The van der Waals surface area contributed by atoms with Gasteiger partial charge in [-0.2, -0.15) is 0 Å². The van der Waals surface area contributed by atoms with Gasteiger partial charge in [0.25, 0.3) is 5.91 Å². The Morgan fingerprint density at radius 2 is 1.93 bits per heavy atom. The first-order valence-corrected chi connectivity index (χ1v) is 9.25. The van der Waals surface area contributed by atoms with Gasteiger partial charge in [-0.15, -0.1) is 0 Å². The van der Waals surface area contributed by atoms with Gasteiger partial charge in [0.15, 0.2) is 6.61 Å². The average Bonchev–Trinajstić information content (AvgIpc) is 2.68. The summed E-state index contributed by atoms with van der Waals surface area (Å²) in [5.41, 5.74) is 0.842. The molecule has 0 radical (unpaired) electrons. The standard InChI is InChI=1S/C20H22ClFN2O3/c1-26-18-7-6-16(22)12-15(18)13-23-8-10-24(11-9-23)20(25)14-27-19-5-3-2-4-17(19)21/h2-7,12H,8-11,13-14H2,1H3/p+1. The number of methoxy groups -OCH3 is 1. The van der Waals surface area contributed by atoms with Crippen LogP contribution in [0.3, 0.4) is 0 Å². The van der Waals surface area contributed by atoms with Gasteiger partial charge in [-0.3, -0.25) is 4.79 Å². The van der Waals surface area contributed by atoms with E-state index in [9.17, 15) is 9.18 Å². The van der Waals surface area contributed by atoms with Crippen molar-refractivity contribution < 1.29 is 23.6 Å². The van der Waals surface area contributed by atoms with Crippen LogP contribution in [0.4, 0.5) is 4.39 Å². The maximum absolute atomic E-state index is 13.5. The van der Waals surface area contributed by atoms with Crippen LogP contribution in [-0.2, 0) is 11.3 Å². The average molecular weight is 394 g/mol. The molecular weight excluding hydrogens is 371 g/mol. The summed E-state index contributed by atoms with van der Waals surface area (Å²) in [6.07, 6.45) is 0. The molecule has 1 amide bonds. The van der Waals surface area contributed by atoms with Gasteiger partial charge in [-0.1, -0.05) is 23.7 Å². The Bertz CT molecular complexity index is 795. The fraction of sp³-hybridized carbons (Fsp3) is 0.350. The lowest BCUT2D eigenvalue weighted by atomic mass is 10.1. The molecule has 1 fully saturated rings. The molecule has 1 aliphatic heterocycles. The summed E-state index contributed by atoms with van der Waals surface area (Å²) in [6.45, 7) is 3.49. The number of nitrogens with one attached hydrogen (secondary N) is 1. The first-order valence-electron chi connectivity index (χ1n) is 8.88. The van der Waals surface area contributed by atoms with Gasteiger partial charge in [-0.05, 0) is 30.3 Å². The Hall–Kier alpha value is -2.31. The quantitative estimate of drug-likeness (QED) is 0.813. The zero-order valence-corrected chi connectivity index (χ0v) is 16.0. The number of amides is 1. The Morgan fingerprint density at radius 3 is 2.63 bits per heavy atom. The van der Waals surface area contributed by atoms with Gasteiger partial charge in [0, 0.05) is 0 Å². The number of carbonyl (C=O) groups excluding carboxylic acids is 1. The molecule has 27 heavy (non-hydrogen) atoms. The van der Waals surface area contributed by atoms with Crippen molar-refractivity contribution in [2.75, 3.05) is 39.9 Å². The first-order chi connectivity index (χ1) is 13.1. The van der Waals surface area contributed by atoms with Crippen LogP contribution in [-0.4, -0.2) is 50.7 Å². The monoisotopic (exact) mass is 393 g/mol. The summed E-state index contributed by atoms with van der Waals surface area (Å²) < 4.78 is 24.4. The molecule has 0 aliphatic carbocycles. The van der Waals surface area contributed by atoms with E-state index in [0.29, 0.717) is 36.2 Å². The van der Waals surface area contributed by atoms with Gasteiger partial charge in [0.05, 0.1) is 43.9 Å². The van der Waals surface area contributed by atoms with Gasteiger partial charge in [-0.25, -0.2) is 4.39 Å². The zero-order chi connectivity index (χ0) is 19.2. The van der Waals surface area contributed by atoms with Crippen molar-refractivity contribution in [2.45, 2.75) is 6.54 Å². The van der Waals surface area contributed by atoms with E-state index in [1.807, 2.05) is 12.1 Å². The van der Waals surface area contributed by atoms with Crippen molar-refractivity contribution in [3.63, 3.8) is 0 Å². The van der Waals surface area contributed by atoms with Crippen LogP contribution in [0.1, 0.15) is 5.56 Å². The molecule has 1 N–H and O–H groups in total. The van der Waals surface area contributed by atoms with Gasteiger partial charge in [0.1, 0.15) is 23.9 Å². The van der Waals surface area contributed by atoms with Crippen molar-refractivity contribution >= 4 is 17.5 Å². The highest BCUT2D eigenvalue weighted by molar-refractivity contribution is 6.32. The summed E-state index contributed by atoms with van der Waals surface area (Å²) >= 11 is 6.04. The van der Waals surface area contributed by atoms with Crippen LogP contribution in [0.2, 0.25) is 5.02 Å². The van der Waals surface area contributed by atoms with Crippen molar-refractivity contribution in [3.05, 3.63) is 58.9 Å². The third-order valence-electron chi connectivity index (χ3n) is 4.69. The molecule has 0 saturated carbocycles. The minimum atomic E-state index is -0.268. The van der Waals surface area contributed by atoms with E-state index in [2.05, 4.69) is 0 Å². The fourth-order valence-electron chi connectivity index (χ4n) is 3.20. The number of para-hydroxylation sites is 1. The molecule has 1 heterocycles. The number of benzene rings is 2. The number of hydrogen-bond acceptors (Lipinski definition) is 3. The van der Waals surface area contributed by atoms with Crippen LogP contribution in [0.5, 0.6) is 11.5 Å². The second-order valence-electron chi connectivity index (χ2n) is 6.48. The minimum absolute atomic E-state index is 0.0310. The molecule has 0 bridgehead atoms. The van der Waals surface area contributed by atoms with E-state index in [0.717, 1.165) is 18.7 Å². The van der Waals surface area contributed by atoms with Crippen molar-refractivity contribution in [2.24, 2.45) is 0 Å². The summed E-state index contributed by atoms with van der Waals surface area (Å²) in [7, 11) is 1.58. The van der Waals surface area contributed by atoms with Crippen LogP contribution < -0.4 is 14.4 Å². The van der Waals surface area contributed by atoms with E-state index >= 15 is 0 Å². The third kappa shape index (κ3) is 5.11. The first kappa shape index (κ1) is 19.5. The molecule has 2 aromatic rings. The topological polar surface area (TPSA) is 43.2 Å². The number of nitrogens with zero attached hydrogens (tertiary/aromatic N) is 1. The summed E-state index contributed by atoms with van der Waals surface area (Å²) in [5, 5.41) is 0.489. The summed E-state index contributed by atoms with van der Waals surface area (Å²) in [5.74, 6) is 0.874. The Balaban J connectivity index is 1.49. The smallest absolute Gasteiger partial charge is 0.260 e. The molecule has 0 atom stereocenters. The molecule has 144 valence electrons. The maximum Gasteiger partial charge on any atom is 0.260 e. The van der Waals surface area contributed by atoms with E-state index in [1.54, 1.807) is 30.2 Å². The SMILES string of the molecule is COc1ccc(F)cc1C[NH+]1CCN(C(=O)COc2ccccc2Cl)CC1. The number of piperazine rings is 1. The predicted octanol–water partition coefficient (Wildman–Crippen LogP) is 1.79. The van der Waals surface area contributed by atoms with E-state index in [4.69, 9.17) is 21.1 Å². The highest BCUT2D eigenvalue weighted by Gasteiger charge is 2.25. The highest BCUT2D eigenvalue weighted by Crippen LogP contribution is 2.23. The lowest BCUT2D eigenvalue weighted by molar-refractivity contribution is -0.917. The third-order valence-corrected chi connectivity index (χ3v) is 5.01. The molecule has 5 nitrogen and oxygen atoms in total. The predicted molar refractivity (Wildman–Crippen MR) is 101 cm³/mol. The van der Waals surface area contributed by atoms with Crippen LogP contribution >= 0.6 is 11.6 Å². The number of quaternary nitrogens is 1. The largest absolute Gasteiger partial charge is 0.496 e. The maximum atomic E-state index is 13.5. The molecule has 0 unspecified atom stereocenters. The van der Waals surface area contributed by atoms with Crippen molar-refractivity contribution in [3.8, 4) is 11.5 Å². The van der Waals surface area contributed by atoms with E-state index < -0.39 is 0 Å².